The SMILES string of the molecule is CC1CCCC(CO)(NC(=O)c2cccc(N)c2Br)C1. The van der Waals surface area contributed by atoms with Crippen molar-refractivity contribution >= 4 is 27.5 Å². The van der Waals surface area contributed by atoms with Crippen molar-refractivity contribution < 1.29 is 9.90 Å². The predicted molar refractivity (Wildman–Crippen MR) is 83.5 cm³/mol. The number of hydrogen-bond acceptors (Lipinski definition) is 3. The van der Waals surface area contributed by atoms with Gasteiger partial charge in [0.05, 0.1) is 22.2 Å². The van der Waals surface area contributed by atoms with Crippen LogP contribution < -0.4 is 11.1 Å². The van der Waals surface area contributed by atoms with E-state index in [0.29, 0.717) is 21.6 Å². The van der Waals surface area contributed by atoms with Gasteiger partial charge in [0.25, 0.3) is 5.91 Å². The molecule has 110 valence electrons. The van der Waals surface area contributed by atoms with Crippen molar-refractivity contribution in [2.45, 2.75) is 38.1 Å². The second-order valence-corrected chi connectivity index (χ2v) is 6.60. The maximum atomic E-state index is 12.4. The van der Waals surface area contributed by atoms with Gasteiger partial charge >= 0.3 is 0 Å². The molecule has 0 saturated heterocycles. The first kappa shape index (κ1) is 15.3. The van der Waals surface area contributed by atoms with Gasteiger partial charge in [0.15, 0.2) is 0 Å². The van der Waals surface area contributed by atoms with Crippen molar-refractivity contribution in [1.82, 2.24) is 5.32 Å². The molecule has 0 spiro atoms. The Balaban J connectivity index is 2.19. The number of nitrogen functional groups attached to an aromatic ring is 1. The number of hydrogen-bond donors (Lipinski definition) is 3. The van der Waals surface area contributed by atoms with Crippen LogP contribution in [0.1, 0.15) is 43.0 Å². The van der Waals surface area contributed by atoms with Gasteiger partial charge in [-0.1, -0.05) is 25.8 Å². The fourth-order valence-corrected chi connectivity index (χ4v) is 3.43. The maximum absolute atomic E-state index is 12.4. The minimum atomic E-state index is -0.501. The zero-order valence-electron chi connectivity index (χ0n) is 11.7. The number of amides is 1. The van der Waals surface area contributed by atoms with Crippen LogP contribution in [0.3, 0.4) is 0 Å². The minimum Gasteiger partial charge on any atom is -0.398 e. The topological polar surface area (TPSA) is 75.3 Å². The molecule has 0 aliphatic heterocycles. The van der Waals surface area contributed by atoms with E-state index in [4.69, 9.17) is 5.73 Å². The Hall–Kier alpha value is -1.07. The third kappa shape index (κ3) is 3.15. The van der Waals surface area contributed by atoms with Crippen LogP contribution in [0.2, 0.25) is 0 Å². The molecule has 0 radical (unpaired) electrons. The molecule has 1 aliphatic carbocycles. The van der Waals surface area contributed by atoms with E-state index in [1.807, 2.05) is 0 Å². The third-order valence-corrected chi connectivity index (χ3v) is 4.93. The van der Waals surface area contributed by atoms with E-state index in [1.54, 1.807) is 18.2 Å². The van der Waals surface area contributed by atoms with Gasteiger partial charge in [-0.15, -0.1) is 0 Å². The fourth-order valence-electron chi connectivity index (χ4n) is 2.99. The highest BCUT2D eigenvalue weighted by Gasteiger charge is 2.36. The van der Waals surface area contributed by atoms with E-state index in [-0.39, 0.29) is 12.5 Å². The number of carbonyl (C=O) groups excluding carboxylic acids is 1. The van der Waals surface area contributed by atoms with Crippen LogP contribution in [0.4, 0.5) is 5.69 Å². The molecule has 2 atom stereocenters. The number of nitrogens with two attached hydrogens (primary N) is 1. The number of benzene rings is 1. The molecule has 2 unspecified atom stereocenters. The van der Waals surface area contributed by atoms with Crippen molar-refractivity contribution in [1.29, 1.82) is 0 Å². The summed E-state index contributed by atoms with van der Waals surface area (Å²) in [6.45, 7) is 2.13. The van der Waals surface area contributed by atoms with Crippen LogP contribution in [0, 0.1) is 5.92 Å². The van der Waals surface area contributed by atoms with Crippen LogP contribution in [0.5, 0.6) is 0 Å². The van der Waals surface area contributed by atoms with E-state index in [9.17, 15) is 9.90 Å². The van der Waals surface area contributed by atoms with Gasteiger partial charge < -0.3 is 16.2 Å². The highest BCUT2D eigenvalue weighted by Crippen LogP contribution is 2.33. The van der Waals surface area contributed by atoms with Crippen LogP contribution in [0.15, 0.2) is 22.7 Å². The van der Waals surface area contributed by atoms with E-state index in [1.165, 1.54) is 0 Å². The number of aliphatic hydroxyl groups excluding tert-OH is 1. The van der Waals surface area contributed by atoms with Gasteiger partial charge in [0.1, 0.15) is 0 Å². The molecule has 0 aromatic heterocycles. The van der Waals surface area contributed by atoms with E-state index in [2.05, 4.69) is 28.2 Å². The minimum absolute atomic E-state index is 0.0248. The lowest BCUT2D eigenvalue weighted by molar-refractivity contribution is 0.0696. The molecule has 1 aromatic rings. The van der Waals surface area contributed by atoms with Crippen molar-refractivity contribution in [3.05, 3.63) is 28.2 Å². The number of carbonyl (C=O) groups is 1. The van der Waals surface area contributed by atoms with Crippen molar-refractivity contribution in [2.75, 3.05) is 12.3 Å². The molecule has 1 saturated carbocycles. The van der Waals surface area contributed by atoms with Gasteiger partial charge in [-0.3, -0.25) is 4.79 Å². The average molecular weight is 341 g/mol. The van der Waals surface area contributed by atoms with Crippen molar-refractivity contribution in [3.8, 4) is 0 Å². The second kappa shape index (κ2) is 6.14. The highest BCUT2D eigenvalue weighted by atomic mass is 79.9. The summed E-state index contributed by atoms with van der Waals surface area (Å²) in [7, 11) is 0. The first-order valence-electron chi connectivity index (χ1n) is 6.95. The van der Waals surface area contributed by atoms with Gasteiger partial charge in [-0.25, -0.2) is 0 Å². The molecule has 4 N–H and O–H groups in total. The molecular formula is C15H21BrN2O2. The summed E-state index contributed by atoms with van der Waals surface area (Å²) in [6, 6.07) is 5.22. The molecular weight excluding hydrogens is 320 g/mol. The van der Waals surface area contributed by atoms with Gasteiger partial charge in [0, 0.05) is 5.69 Å². The maximum Gasteiger partial charge on any atom is 0.253 e. The van der Waals surface area contributed by atoms with Crippen molar-refractivity contribution in [3.63, 3.8) is 0 Å². The highest BCUT2D eigenvalue weighted by molar-refractivity contribution is 9.10. The first-order chi connectivity index (χ1) is 9.47. The lowest BCUT2D eigenvalue weighted by Gasteiger charge is -2.39. The summed E-state index contributed by atoms with van der Waals surface area (Å²) in [5.74, 6) is 0.327. The Kier molecular flexibility index (Phi) is 4.70. The van der Waals surface area contributed by atoms with E-state index < -0.39 is 5.54 Å². The zero-order chi connectivity index (χ0) is 14.8. The summed E-state index contributed by atoms with van der Waals surface area (Å²) >= 11 is 3.35. The normalized spacial score (nSPS) is 26.2. The summed E-state index contributed by atoms with van der Waals surface area (Å²) < 4.78 is 0.606. The first-order valence-corrected chi connectivity index (χ1v) is 7.74. The smallest absolute Gasteiger partial charge is 0.253 e. The van der Waals surface area contributed by atoms with E-state index >= 15 is 0 Å². The number of anilines is 1. The molecule has 1 aliphatic rings. The Bertz CT molecular complexity index is 507. The number of halogens is 1. The quantitative estimate of drug-likeness (QED) is 0.740. The Morgan fingerprint density at radius 3 is 3.00 bits per heavy atom. The molecule has 1 amide bonds. The monoisotopic (exact) mass is 340 g/mol. The summed E-state index contributed by atoms with van der Waals surface area (Å²) in [6.07, 6.45) is 3.81. The lowest BCUT2D eigenvalue weighted by Crippen LogP contribution is -2.53. The van der Waals surface area contributed by atoms with Gasteiger partial charge in [-0.05, 0) is 46.8 Å². The van der Waals surface area contributed by atoms with Crippen LogP contribution >= 0.6 is 15.9 Å². The van der Waals surface area contributed by atoms with Gasteiger partial charge in [-0.2, -0.15) is 0 Å². The molecule has 0 bridgehead atoms. The molecule has 5 heteroatoms. The fraction of sp³-hybridized carbons (Fsp3) is 0.533. The molecule has 2 rings (SSSR count). The summed E-state index contributed by atoms with van der Waals surface area (Å²) in [5, 5.41) is 12.8. The summed E-state index contributed by atoms with van der Waals surface area (Å²) in [4.78, 5) is 12.4. The standard InChI is InChI=1S/C15H21BrN2O2/c1-10-4-3-7-15(8-10,9-19)18-14(20)11-5-2-6-12(17)13(11)16/h2,5-6,10,19H,3-4,7-9,17H2,1H3,(H,18,20). The van der Waals surface area contributed by atoms with Gasteiger partial charge in [0.2, 0.25) is 0 Å². The van der Waals surface area contributed by atoms with Crippen LogP contribution in [-0.4, -0.2) is 23.2 Å². The summed E-state index contributed by atoms with van der Waals surface area (Å²) in [5.41, 5.74) is 6.35. The number of rotatable bonds is 3. The Labute approximate surface area is 127 Å². The molecule has 1 aromatic carbocycles. The van der Waals surface area contributed by atoms with Crippen LogP contribution in [-0.2, 0) is 0 Å². The average Bonchev–Trinajstić information content (AvgIpc) is 2.41. The third-order valence-electron chi connectivity index (χ3n) is 4.05. The lowest BCUT2D eigenvalue weighted by atomic mass is 9.76. The van der Waals surface area contributed by atoms with Crippen molar-refractivity contribution in [2.24, 2.45) is 5.92 Å². The number of aliphatic hydroxyl groups is 1. The zero-order valence-corrected chi connectivity index (χ0v) is 13.2. The van der Waals surface area contributed by atoms with E-state index in [0.717, 1.165) is 25.7 Å². The molecule has 4 nitrogen and oxygen atoms in total. The largest absolute Gasteiger partial charge is 0.398 e. The second-order valence-electron chi connectivity index (χ2n) is 5.80. The number of nitrogens with one attached hydrogen (secondary N) is 1. The molecule has 20 heavy (non-hydrogen) atoms. The predicted octanol–water partition coefficient (Wildman–Crippen LogP) is 2.70. The van der Waals surface area contributed by atoms with Crippen LogP contribution in [0.25, 0.3) is 0 Å². The Morgan fingerprint density at radius 2 is 2.35 bits per heavy atom. The Morgan fingerprint density at radius 1 is 1.60 bits per heavy atom. The molecule has 1 fully saturated rings. The molecule has 0 heterocycles.